The minimum absolute atomic E-state index is 0. The summed E-state index contributed by atoms with van der Waals surface area (Å²) in [6, 6.07) is 12.2. The first-order valence-electron chi connectivity index (χ1n) is 11.3. The van der Waals surface area contributed by atoms with Crippen molar-refractivity contribution in [2.24, 2.45) is 9.98 Å². The van der Waals surface area contributed by atoms with Gasteiger partial charge in [-0.15, -0.1) is 0 Å². The van der Waals surface area contributed by atoms with E-state index in [9.17, 15) is 10.2 Å². The number of rotatable bonds is 8. The minimum atomic E-state index is -0.150. The third kappa shape index (κ3) is 9.61. The Balaban J connectivity index is 0.00000220. The first-order chi connectivity index (χ1) is 16.0. The Bertz CT molecular complexity index is 918. The molecule has 1 saturated carbocycles. The van der Waals surface area contributed by atoms with Crippen molar-refractivity contribution in [1.82, 2.24) is 0 Å². The molecule has 1 aliphatic rings. The van der Waals surface area contributed by atoms with Gasteiger partial charge in [0.05, 0.1) is 31.4 Å². The van der Waals surface area contributed by atoms with Crippen LogP contribution in [0.5, 0.6) is 23.0 Å². The van der Waals surface area contributed by atoms with E-state index < -0.39 is 0 Å². The van der Waals surface area contributed by atoms with Crippen molar-refractivity contribution in [3.05, 3.63) is 47.5 Å². The summed E-state index contributed by atoms with van der Waals surface area (Å²) in [5.74, 6) is 0.388. The number of hydrogen-bond acceptors (Lipinski definition) is 7. The fourth-order valence-electron chi connectivity index (χ4n) is 3.60. The van der Waals surface area contributed by atoms with Crippen molar-refractivity contribution in [3.63, 3.8) is 0 Å². The number of para-hydroxylation sites is 2. The summed E-state index contributed by atoms with van der Waals surface area (Å²) >= 11 is 0. The van der Waals surface area contributed by atoms with Crippen LogP contribution in [0.4, 0.5) is 0 Å². The van der Waals surface area contributed by atoms with Crippen LogP contribution in [0.1, 0.15) is 57.6 Å². The number of benzene rings is 2. The summed E-state index contributed by atoms with van der Waals surface area (Å²) in [6.45, 7) is 6.02. The fourth-order valence-corrected chi connectivity index (χ4v) is 3.60. The topological polar surface area (TPSA) is 145 Å². The molecule has 193 valence electrons. The number of ether oxygens (including phenoxy) is 2. The third-order valence-electron chi connectivity index (χ3n) is 5.12. The molecule has 0 heterocycles. The SMILES string of the molecule is CC#N.CCOc1cccc(C=N[C@@H]2CCCC[C@H]2N=Cc2cccc(OCC)c2[O-])c1[O-].O.[Cu+2]. The van der Waals surface area contributed by atoms with Crippen molar-refractivity contribution in [2.45, 2.75) is 58.5 Å². The molecule has 8 nitrogen and oxygen atoms in total. The van der Waals surface area contributed by atoms with E-state index >= 15 is 0 Å². The Labute approximate surface area is 218 Å². The van der Waals surface area contributed by atoms with Gasteiger partial charge in [0.1, 0.15) is 11.5 Å². The molecular formula is C26H33CuN3O5. The molecule has 2 aromatic rings. The molecule has 0 spiro atoms. The fraction of sp³-hybridized carbons (Fsp3) is 0.423. The zero-order chi connectivity index (χ0) is 24.1. The molecule has 35 heavy (non-hydrogen) atoms. The summed E-state index contributed by atoms with van der Waals surface area (Å²) in [5.41, 5.74) is 1.03. The maximum absolute atomic E-state index is 12.5. The van der Waals surface area contributed by atoms with Crippen molar-refractivity contribution in [2.75, 3.05) is 13.2 Å². The zero-order valence-electron chi connectivity index (χ0n) is 20.3. The van der Waals surface area contributed by atoms with Crippen LogP contribution in [0.25, 0.3) is 0 Å². The predicted octanol–water partition coefficient (Wildman–Crippen LogP) is 3.18. The van der Waals surface area contributed by atoms with E-state index in [4.69, 9.17) is 14.7 Å². The minimum Gasteiger partial charge on any atom is -0.870 e. The number of nitrogens with zero attached hydrogens (tertiary/aromatic N) is 3. The predicted molar refractivity (Wildman–Crippen MR) is 130 cm³/mol. The molecule has 2 N–H and O–H groups in total. The largest absolute Gasteiger partial charge is 2.00 e. The van der Waals surface area contributed by atoms with E-state index in [2.05, 4.69) is 9.98 Å². The molecule has 9 heteroatoms. The summed E-state index contributed by atoms with van der Waals surface area (Å²) in [5, 5.41) is 32.2. The van der Waals surface area contributed by atoms with Crippen molar-refractivity contribution in [3.8, 4) is 29.1 Å². The second-order valence-corrected chi connectivity index (χ2v) is 7.41. The Morgan fingerprint density at radius 2 is 1.26 bits per heavy atom. The van der Waals surface area contributed by atoms with E-state index in [0.29, 0.717) is 35.8 Å². The van der Waals surface area contributed by atoms with Gasteiger partial charge in [-0.2, -0.15) is 5.26 Å². The van der Waals surface area contributed by atoms with Crippen LogP contribution in [-0.2, 0) is 17.1 Å². The average molecular weight is 531 g/mol. The monoisotopic (exact) mass is 530 g/mol. The van der Waals surface area contributed by atoms with Gasteiger partial charge < -0.3 is 25.2 Å². The van der Waals surface area contributed by atoms with Gasteiger partial charge in [-0.25, -0.2) is 0 Å². The van der Waals surface area contributed by atoms with Gasteiger partial charge in [0.2, 0.25) is 0 Å². The van der Waals surface area contributed by atoms with Gasteiger partial charge >= 0.3 is 17.1 Å². The Kier molecular flexibility index (Phi) is 15.9. The molecule has 1 radical (unpaired) electrons. The van der Waals surface area contributed by atoms with Crippen molar-refractivity contribution >= 4 is 12.4 Å². The van der Waals surface area contributed by atoms with Crippen LogP contribution >= 0.6 is 0 Å². The number of nitriles is 1. The van der Waals surface area contributed by atoms with Gasteiger partial charge in [-0.3, -0.25) is 9.98 Å². The summed E-state index contributed by atoms with van der Waals surface area (Å²) in [7, 11) is 0. The first kappa shape index (κ1) is 31.9. The van der Waals surface area contributed by atoms with E-state index in [0.717, 1.165) is 25.7 Å². The summed E-state index contributed by atoms with van der Waals surface area (Å²) < 4.78 is 10.8. The molecule has 1 aliphatic carbocycles. The van der Waals surface area contributed by atoms with Crippen LogP contribution in [0.2, 0.25) is 0 Å². The van der Waals surface area contributed by atoms with Crippen LogP contribution in [0.15, 0.2) is 46.4 Å². The molecule has 1 fully saturated rings. The van der Waals surface area contributed by atoms with Crippen LogP contribution < -0.4 is 19.7 Å². The van der Waals surface area contributed by atoms with Gasteiger partial charge in [-0.1, -0.05) is 48.6 Å². The Morgan fingerprint density at radius 3 is 1.60 bits per heavy atom. The molecule has 0 amide bonds. The standard InChI is InChI=1S/C24H30N2O4.C2H3N.Cu.H2O/c1-3-29-21-13-7-9-17(23(21)27)15-25-19-11-5-6-12-20(19)26-16-18-10-8-14-22(24(18)28)30-4-2;1-2-3;;/h7-10,13-16,19-20,27-28H,3-6,11-12H2,1-2H3;1H3;;1H2/q;;+2;/p-2/t19-,20-;;;/m1.../s1. The molecule has 0 aromatic heterocycles. The quantitative estimate of drug-likeness (QED) is 0.380. The molecule has 0 bridgehead atoms. The summed E-state index contributed by atoms with van der Waals surface area (Å²) in [6.07, 6.45) is 7.23. The van der Waals surface area contributed by atoms with Gasteiger partial charge in [0.25, 0.3) is 0 Å². The van der Waals surface area contributed by atoms with Crippen LogP contribution in [0, 0.1) is 11.3 Å². The van der Waals surface area contributed by atoms with Gasteiger partial charge in [-0.05, 0) is 49.9 Å². The Hall–Kier alpha value is -3.05. The molecule has 3 rings (SSSR count). The zero-order valence-corrected chi connectivity index (χ0v) is 21.2. The second kappa shape index (κ2) is 17.4. The number of aliphatic imine (C=N–C) groups is 2. The first-order valence-corrected chi connectivity index (χ1v) is 11.3. The molecular weight excluding hydrogens is 498 g/mol. The smallest absolute Gasteiger partial charge is 0.870 e. The van der Waals surface area contributed by atoms with Crippen LogP contribution in [-0.4, -0.2) is 43.2 Å². The summed E-state index contributed by atoms with van der Waals surface area (Å²) in [4.78, 5) is 9.36. The van der Waals surface area contributed by atoms with Gasteiger partial charge in [0, 0.05) is 19.4 Å². The third-order valence-corrected chi connectivity index (χ3v) is 5.12. The maximum Gasteiger partial charge on any atom is 2.00 e. The van der Waals surface area contributed by atoms with Crippen LogP contribution in [0.3, 0.4) is 0 Å². The van der Waals surface area contributed by atoms with E-state index in [-0.39, 0.29) is 46.1 Å². The van der Waals surface area contributed by atoms with E-state index in [1.807, 2.05) is 13.8 Å². The molecule has 2 atom stereocenters. The van der Waals surface area contributed by atoms with Crippen molar-refractivity contribution < 1.29 is 42.2 Å². The molecule has 0 unspecified atom stereocenters. The van der Waals surface area contributed by atoms with Gasteiger partial charge in [0.15, 0.2) is 0 Å². The Morgan fingerprint density at radius 1 is 0.886 bits per heavy atom. The van der Waals surface area contributed by atoms with E-state index in [1.165, 1.54) is 6.92 Å². The maximum atomic E-state index is 12.5. The second-order valence-electron chi connectivity index (χ2n) is 7.41. The van der Waals surface area contributed by atoms with E-state index in [1.54, 1.807) is 54.9 Å². The molecule has 2 aromatic carbocycles. The normalized spacial score (nSPS) is 16.9. The number of hydrogen-bond donors (Lipinski definition) is 0. The average Bonchev–Trinajstić information content (AvgIpc) is 2.81. The van der Waals surface area contributed by atoms with Crippen molar-refractivity contribution in [1.29, 1.82) is 5.26 Å². The molecule has 0 aliphatic heterocycles. The molecule has 0 saturated heterocycles.